The molecule has 1 aromatic carbocycles. The van der Waals surface area contributed by atoms with Crippen LogP contribution in [0.2, 0.25) is 0 Å². The minimum Gasteiger partial charge on any atom is -0.444 e. The number of ether oxygens (including phenoxy) is 1. The van der Waals surface area contributed by atoms with E-state index in [-0.39, 0.29) is 17.9 Å². The molecular formula is C20H28ClN3O3. The van der Waals surface area contributed by atoms with Crippen molar-refractivity contribution in [2.75, 3.05) is 12.4 Å². The molecule has 0 N–H and O–H groups in total. The molecule has 1 aliphatic rings. The monoisotopic (exact) mass is 393 g/mol. The number of piperidine rings is 1. The Labute approximate surface area is 164 Å². The van der Waals surface area contributed by atoms with Gasteiger partial charge in [0.1, 0.15) is 11.8 Å². The van der Waals surface area contributed by atoms with E-state index in [9.17, 15) is 9.59 Å². The van der Waals surface area contributed by atoms with E-state index in [1.807, 2.05) is 45.0 Å². The molecule has 148 valence electrons. The SMILES string of the molecule is CC(C)(C)OC(=O)N1CCCCC1n1c(=O)n(CCCCl)c2ccccc21. The largest absolute Gasteiger partial charge is 0.444 e. The summed E-state index contributed by atoms with van der Waals surface area (Å²) in [7, 11) is 0. The van der Waals surface area contributed by atoms with Crippen molar-refractivity contribution in [2.24, 2.45) is 0 Å². The van der Waals surface area contributed by atoms with Crippen LogP contribution in [0.4, 0.5) is 4.79 Å². The Morgan fingerprint density at radius 1 is 1.22 bits per heavy atom. The van der Waals surface area contributed by atoms with Gasteiger partial charge in [-0.05, 0) is 58.6 Å². The Hall–Kier alpha value is -1.95. The summed E-state index contributed by atoms with van der Waals surface area (Å²) in [5.74, 6) is 0.499. The van der Waals surface area contributed by atoms with Crippen LogP contribution in [0.5, 0.6) is 0 Å². The van der Waals surface area contributed by atoms with Gasteiger partial charge in [-0.1, -0.05) is 12.1 Å². The Bertz CT molecular complexity index is 865. The van der Waals surface area contributed by atoms with Crippen molar-refractivity contribution in [1.29, 1.82) is 0 Å². The van der Waals surface area contributed by atoms with Crippen LogP contribution in [0.3, 0.4) is 0 Å². The van der Waals surface area contributed by atoms with Crippen LogP contribution >= 0.6 is 11.6 Å². The second-order valence-electron chi connectivity index (χ2n) is 7.99. The number of hydrogen-bond acceptors (Lipinski definition) is 3. The van der Waals surface area contributed by atoms with Gasteiger partial charge in [-0.3, -0.25) is 14.0 Å². The Morgan fingerprint density at radius 3 is 2.59 bits per heavy atom. The molecule has 0 bridgehead atoms. The quantitative estimate of drug-likeness (QED) is 0.725. The number of likely N-dealkylation sites (tertiary alicyclic amines) is 1. The topological polar surface area (TPSA) is 56.5 Å². The molecule has 6 nitrogen and oxygen atoms in total. The molecule has 1 aromatic heterocycles. The third kappa shape index (κ3) is 4.15. The van der Waals surface area contributed by atoms with Gasteiger partial charge in [-0.2, -0.15) is 0 Å². The number of halogens is 1. The first-order valence-electron chi connectivity index (χ1n) is 9.59. The van der Waals surface area contributed by atoms with E-state index in [0.717, 1.165) is 36.7 Å². The summed E-state index contributed by atoms with van der Waals surface area (Å²) in [6, 6.07) is 7.73. The maximum Gasteiger partial charge on any atom is 0.411 e. The molecule has 0 aliphatic carbocycles. The molecule has 3 rings (SSSR count). The number of para-hydroxylation sites is 2. The zero-order chi connectivity index (χ0) is 19.6. The molecule has 0 saturated carbocycles. The lowest BCUT2D eigenvalue weighted by atomic mass is 10.1. The van der Waals surface area contributed by atoms with Crippen LogP contribution in [0.25, 0.3) is 11.0 Å². The van der Waals surface area contributed by atoms with Crippen LogP contribution in [0, 0.1) is 0 Å². The molecule has 0 spiro atoms. The van der Waals surface area contributed by atoms with E-state index in [0.29, 0.717) is 19.0 Å². The Kier molecular flexibility index (Phi) is 5.84. The summed E-state index contributed by atoms with van der Waals surface area (Å²) in [6.45, 7) is 6.72. The summed E-state index contributed by atoms with van der Waals surface area (Å²) < 4.78 is 9.12. The van der Waals surface area contributed by atoms with Crippen molar-refractivity contribution in [3.8, 4) is 0 Å². The maximum absolute atomic E-state index is 13.3. The fraction of sp³-hybridized carbons (Fsp3) is 0.600. The first-order valence-corrected chi connectivity index (χ1v) is 10.1. The standard InChI is InChI=1S/C20H28ClN3O3/c1-20(2,3)27-19(26)23-13-7-6-11-17(23)24-16-10-5-4-9-15(16)22(18(24)25)14-8-12-21/h4-5,9-10,17H,6-8,11-14H2,1-3H3. The van der Waals surface area contributed by atoms with E-state index in [4.69, 9.17) is 16.3 Å². The highest BCUT2D eigenvalue weighted by atomic mass is 35.5. The molecule has 0 radical (unpaired) electrons. The molecule has 1 saturated heterocycles. The first kappa shape index (κ1) is 19.8. The zero-order valence-electron chi connectivity index (χ0n) is 16.3. The molecule has 27 heavy (non-hydrogen) atoms. The number of fused-ring (bicyclic) bond motifs is 1. The number of amides is 1. The average molecular weight is 394 g/mol. The number of hydrogen-bond donors (Lipinski definition) is 0. The van der Waals surface area contributed by atoms with Crippen molar-refractivity contribution < 1.29 is 9.53 Å². The van der Waals surface area contributed by atoms with Gasteiger partial charge in [0.05, 0.1) is 11.0 Å². The molecule has 2 heterocycles. The summed E-state index contributed by atoms with van der Waals surface area (Å²) >= 11 is 5.85. The fourth-order valence-corrected chi connectivity index (χ4v) is 3.79. The fourth-order valence-electron chi connectivity index (χ4n) is 3.67. The smallest absolute Gasteiger partial charge is 0.411 e. The molecule has 1 amide bonds. The number of aryl methyl sites for hydroxylation is 1. The summed E-state index contributed by atoms with van der Waals surface area (Å²) in [5, 5.41) is 0. The highest BCUT2D eigenvalue weighted by molar-refractivity contribution is 6.17. The van der Waals surface area contributed by atoms with Crippen molar-refractivity contribution in [3.63, 3.8) is 0 Å². The van der Waals surface area contributed by atoms with Crippen molar-refractivity contribution in [3.05, 3.63) is 34.7 Å². The predicted octanol–water partition coefficient (Wildman–Crippen LogP) is 4.35. The summed E-state index contributed by atoms with van der Waals surface area (Å²) in [6.07, 6.45) is 2.64. The number of alkyl halides is 1. The number of imidazole rings is 1. The van der Waals surface area contributed by atoms with Crippen molar-refractivity contribution in [1.82, 2.24) is 14.0 Å². The second-order valence-corrected chi connectivity index (χ2v) is 8.36. The highest BCUT2D eigenvalue weighted by Gasteiger charge is 2.33. The van der Waals surface area contributed by atoms with E-state index < -0.39 is 5.60 Å². The van der Waals surface area contributed by atoms with Crippen LogP contribution < -0.4 is 5.69 Å². The molecule has 7 heteroatoms. The second kappa shape index (κ2) is 7.97. The van der Waals surface area contributed by atoms with Crippen LogP contribution in [-0.4, -0.2) is 38.2 Å². The lowest BCUT2D eigenvalue weighted by molar-refractivity contribution is -0.00110. The molecule has 2 aromatic rings. The first-order chi connectivity index (χ1) is 12.8. The van der Waals surface area contributed by atoms with Crippen LogP contribution in [0.1, 0.15) is 52.6 Å². The highest BCUT2D eigenvalue weighted by Crippen LogP contribution is 2.30. The number of benzene rings is 1. The number of carbonyl (C=O) groups is 1. The third-order valence-corrected chi connectivity index (χ3v) is 5.05. The van der Waals surface area contributed by atoms with Gasteiger partial charge in [0.25, 0.3) is 0 Å². The van der Waals surface area contributed by atoms with Gasteiger partial charge < -0.3 is 4.74 Å². The number of nitrogens with zero attached hydrogens (tertiary/aromatic N) is 3. The Balaban J connectivity index is 2.05. The Morgan fingerprint density at radius 2 is 1.93 bits per heavy atom. The number of aromatic nitrogens is 2. The molecule has 1 aliphatic heterocycles. The summed E-state index contributed by atoms with van der Waals surface area (Å²) in [5.41, 5.74) is 1.06. The number of carbonyl (C=O) groups excluding carboxylic acids is 1. The van der Waals surface area contributed by atoms with Crippen molar-refractivity contribution >= 4 is 28.7 Å². The minimum absolute atomic E-state index is 0.0956. The normalized spacial score (nSPS) is 18.1. The van der Waals surface area contributed by atoms with Gasteiger partial charge >= 0.3 is 11.8 Å². The van der Waals surface area contributed by atoms with Gasteiger partial charge in [0, 0.05) is 19.0 Å². The maximum atomic E-state index is 13.3. The van der Waals surface area contributed by atoms with Gasteiger partial charge in [-0.25, -0.2) is 9.59 Å². The van der Waals surface area contributed by atoms with E-state index >= 15 is 0 Å². The van der Waals surface area contributed by atoms with Crippen molar-refractivity contribution in [2.45, 2.75) is 64.8 Å². The number of rotatable bonds is 4. The molecule has 1 fully saturated rings. The van der Waals surface area contributed by atoms with Gasteiger partial charge in [0.2, 0.25) is 0 Å². The van der Waals surface area contributed by atoms with Gasteiger partial charge in [0.15, 0.2) is 0 Å². The molecule has 1 atom stereocenters. The van der Waals surface area contributed by atoms with E-state index in [2.05, 4.69) is 0 Å². The lowest BCUT2D eigenvalue weighted by Gasteiger charge is -2.37. The summed E-state index contributed by atoms with van der Waals surface area (Å²) in [4.78, 5) is 27.7. The molecular weight excluding hydrogens is 366 g/mol. The third-order valence-electron chi connectivity index (χ3n) is 4.78. The lowest BCUT2D eigenvalue weighted by Crippen LogP contribution is -2.46. The van der Waals surface area contributed by atoms with Gasteiger partial charge in [-0.15, -0.1) is 11.6 Å². The average Bonchev–Trinajstić information content (AvgIpc) is 2.90. The van der Waals surface area contributed by atoms with E-state index in [1.54, 1.807) is 14.0 Å². The van der Waals surface area contributed by atoms with Crippen LogP contribution in [-0.2, 0) is 11.3 Å². The predicted molar refractivity (Wildman–Crippen MR) is 107 cm³/mol. The van der Waals surface area contributed by atoms with Crippen LogP contribution in [0.15, 0.2) is 29.1 Å². The minimum atomic E-state index is -0.571. The van der Waals surface area contributed by atoms with E-state index in [1.165, 1.54) is 0 Å². The molecule has 1 unspecified atom stereocenters. The zero-order valence-corrected chi connectivity index (χ0v) is 17.0.